The molecule has 2 unspecified atom stereocenters. The molecule has 1 saturated heterocycles. The van der Waals surface area contributed by atoms with Crippen LogP contribution in [0.25, 0.3) is 11.3 Å². The number of carboxylic acid groups (broad SMARTS) is 1. The molecule has 226 valence electrons. The van der Waals surface area contributed by atoms with Crippen molar-refractivity contribution in [1.29, 1.82) is 5.41 Å². The molecule has 0 saturated carbocycles. The molecule has 1 aromatic heterocycles. The van der Waals surface area contributed by atoms with E-state index < -0.39 is 12.1 Å². The predicted molar refractivity (Wildman–Crippen MR) is 162 cm³/mol. The van der Waals surface area contributed by atoms with Crippen LogP contribution >= 0.6 is 0 Å². The summed E-state index contributed by atoms with van der Waals surface area (Å²) in [5.74, 6) is -0.250. The van der Waals surface area contributed by atoms with Crippen LogP contribution in [0.1, 0.15) is 35.6 Å². The second kappa shape index (κ2) is 13.8. The highest BCUT2D eigenvalue weighted by molar-refractivity contribution is 6.08. The van der Waals surface area contributed by atoms with E-state index in [9.17, 15) is 14.3 Å². The van der Waals surface area contributed by atoms with Gasteiger partial charge in [0.15, 0.2) is 0 Å². The summed E-state index contributed by atoms with van der Waals surface area (Å²) < 4.78 is 31.6. The van der Waals surface area contributed by atoms with Gasteiger partial charge in [-0.05, 0) is 67.1 Å². The Morgan fingerprint density at radius 1 is 1.23 bits per heavy atom. The molecule has 0 bridgehead atoms. The molecular formula is C33H37FN4O5. The number of pyridine rings is 1. The van der Waals surface area contributed by atoms with Crippen molar-refractivity contribution in [2.75, 3.05) is 31.7 Å². The van der Waals surface area contributed by atoms with E-state index in [1.54, 1.807) is 13.0 Å². The summed E-state index contributed by atoms with van der Waals surface area (Å²) in [6, 6.07) is 17.5. The number of nitrogens with zero attached hydrogens (tertiary/aromatic N) is 2. The van der Waals surface area contributed by atoms with Gasteiger partial charge in [0, 0.05) is 37.5 Å². The summed E-state index contributed by atoms with van der Waals surface area (Å²) in [6.45, 7) is 6.68. The number of hydrogen-bond donors (Lipinski definition) is 3. The van der Waals surface area contributed by atoms with Crippen molar-refractivity contribution in [3.8, 4) is 17.0 Å². The average Bonchev–Trinajstić information content (AvgIpc) is 3.00. The molecule has 2 aliphatic rings. The number of benzene rings is 2. The molecule has 3 aromatic rings. The fourth-order valence-corrected chi connectivity index (χ4v) is 5.63. The lowest BCUT2D eigenvalue weighted by atomic mass is 9.94. The molecule has 1 fully saturated rings. The Bertz CT molecular complexity index is 1510. The highest BCUT2D eigenvalue weighted by Gasteiger charge is 2.32. The molecule has 2 aliphatic heterocycles. The third-order valence-electron chi connectivity index (χ3n) is 7.80. The van der Waals surface area contributed by atoms with Crippen LogP contribution in [-0.4, -0.2) is 65.8 Å². The van der Waals surface area contributed by atoms with Gasteiger partial charge in [-0.25, -0.2) is 14.2 Å². The minimum Gasteiger partial charge on any atom is -0.488 e. The second-order valence-electron chi connectivity index (χ2n) is 10.7. The largest absolute Gasteiger partial charge is 0.488 e. The molecule has 3 N–H and O–H groups in total. The summed E-state index contributed by atoms with van der Waals surface area (Å²) in [7, 11) is 0. The van der Waals surface area contributed by atoms with Gasteiger partial charge in [-0.15, -0.1) is 0 Å². The van der Waals surface area contributed by atoms with Gasteiger partial charge in [0.2, 0.25) is 5.88 Å². The van der Waals surface area contributed by atoms with E-state index in [4.69, 9.17) is 24.6 Å². The van der Waals surface area contributed by atoms with Gasteiger partial charge in [-0.2, -0.15) is 0 Å². The Hall–Kier alpha value is -4.28. The molecule has 43 heavy (non-hydrogen) atoms. The van der Waals surface area contributed by atoms with E-state index in [0.29, 0.717) is 30.5 Å². The number of fused-ring (bicyclic) bond motifs is 1. The molecule has 2 aromatic carbocycles. The van der Waals surface area contributed by atoms with Gasteiger partial charge in [0.25, 0.3) is 0 Å². The Kier molecular flexibility index (Phi) is 9.68. The smallest absolute Gasteiger partial charge is 0.342 e. The zero-order chi connectivity index (χ0) is 30.3. The number of carboxylic acids is 1. The van der Waals surface area contributed by atoms with Crippen LogP contribution < -0.4 is 10.1 Å². The van der Waals surface area contributed by atoms with E-state index in [2.05, 4.69) is 28.4 Å². The van der Waals surface area contributed by atoms with Crippen LogP contribution in [0.3, 0.4) is 0 Å². The molecule has 10 heteroatoms. The standard InChI is InChI=1S/C33H37FN4O5/c1-3-42-32(26(17-35)33(39)40)37-30-9-5-8-28(36-30)25-7-4-6-21(2)31(25)43-19-22-10-11-24-18-38(14-12-23(24)16-22)29-13-15-41-20-27(29)34/h4-11,16-17,27,29,35H,3,12-15,18-20H2,1-2H3,(H,36,37)(H,39,40)/b32-26-,35-17?. The Labute approximate surface area is 250 Å². The van der Waals surface area contributed by atoms with Gasteiger partial charge in [-0.3, -0.25) is 4.90 Å². The van der Waals surface area contributed by atoms with Gasteiger partial charge < -0.3 is 30.0 Å². The number of rotatable bonds is 11. The SMILES string of the molecule is CCO/C(Nc1cccc(-c2cccc(C)c2OCc2ccc3c(c2)CCN(C2CCOCC2F)C3)n1)=C(/C=N)C(=O)O. The average molecular weight is 589 g/mol. The van der Waals surface area contributed by atoms with Gasteiger partial charge in [-0.1, -0.05) is 36.4 Å². The highest BCUT2D eigenvalue weighted by atomic mass is 19.1. The maximum absolute atomic E-state index is 14.5. The first-order chi connectivity index (χ1) is 20.9. The van der Waals surface area contributed by atoms with E-state index >= 15 is 0 Å². The molecule has 0 amide bonds. The first-order valence-electron chi connectivity index (χ1n) is 14.5. The van der Waals surface area contributed by atoms with Crippen molar-refractivity contribution in [3.05, 3.63) is 88.3 Å². The molecule has 0 aliphatic carbocycles. The zero-order valence-corrected chi connectivity index (χ0v) is 24.4. The maximum Gasteiger partial charge on any atom is 0.342 e. The summed E-state index contributed by atoms with van der Waals surface area (Å²) in [5.41, 5.74) is 5.64. The van der Waals surface area contributed by atoms with Crippen molar-refractivity contribution in [3.63, 3.8) is 0 Å². The number of aliphatic carboxylic acids is 1. The van der Waals surface area contributed by atoms with Crippen LogP contribution in [0.5, 0.6) is 5.75 Å². The van der Waals surface area contributed by atoms with Crippen LogP contribution in [0, 0.1) is 12.3 Å². The Morgan fingerprint density at radius 2 is 2.07 bits per heavy atom. The quantitative estimate of drug-likeness (QED) is 0.152. The van der Waals surface area contributed by atoms with E-state index in [1.807, 2.05) is 37.3 Å². The normalized spacial score (nSPS) is 19.1. The summed E-state index contributed by atoms with van der Waals surface area (Å²) in [6.07, 6.45) is 1.39. The molecule has 0 radical (unpaired) electrons. The van der Waals surface area contributed by atoms with Gasteiger partial charge in [0.05, 0.1) is 18.9 Å². The number of alkyl halides is 1. The van der Waals surface area contributed by atoms with Crippen LogP contribution in [0.15, 0.2) is 66.1 Å². The summed E-state index contributed by atoms with van der Waals surface area (Å²) in [5, 5.41) is 19.8. The van der Waals surface area contributed by atoms with Crippen LogP contribution in [0.2, 0.25) is 0 Å². The number of aromatic nitrogens is 1. The monoisotopic (exact) mass is 588 g/mol. The van der Waals surface area contributed by atoms with E-state index in [0.717, 1.165) is 48.8 Å². The Balaban J connectivity index is 1.32. The first-order valence-corrected chi connectivity index (χ1v) is 14.5. The number of carbonyl (C=O) groups is 1. The number of anilines is 1. The van der Waals surface area contributed by atoms with Gasteiger partial charge in [0.1, 0.15) is 29.9 Å². The van der Waals surface area contributed by atoms with Crippen molar-refractivity contribution in [2.24, 2.45) is 0 Å². The lowest BCUT2D eigenvalue weighted by molar-refractivity contribution is -0.132. The van der Waals surface area contributed by atoms with E-state index in [1.165, 1.54) is 11.1 Å². The zero-order valence-electron chi connectivity index (χ0n) is 24.4. The lowest BCUT2D eigenvalue weighted by Gasteiger charge is -2.39. The topological polar surface area (TPSA) is 117 Å². The van der Waals surface area contributed by atoms with E-state index in [-0.39, 0.29) is 30.7 Å². The van der Waals surface area contributed by atoms with Crippen molar-refractivity contribution >= 4 is 18.0 Å². The number of halogens is 1. The Morgan fingerprint density at radius 3 is 2.84 bits per heavy atom. The second-order valence-corrected chi connectivity index (χ2v) is 10.7. The first kappa shape index (κ1) is 30.2. The summed E-state index contributed by atoms with van der Waals surface area (Å²) >= 11 is 0. The minimum atomic E-state index is -1.27. The van der Waals surface area contributed by atoms with Crippen LogP contribution in [-0.2, 0) is 33.8 Å². The van der Waals surface area contributed by atoms with Crippen molar-refractivity contribution in [2.45, 2.75) is 52.1 Å². The maximum atomic E-state index is 14.5. The third-order valence-corrected chi connectivity index (χ3v) is 7.80. The number of hydrogen-bond acceptors (Lipinski definition) is 8. The minimum absolute atomic E-state index is 0.0526. The number of ether oxygens (including phenoxy) is 3. The fourth-order valence-electron chi connectivity index (χ4n) is 5.63. The number of para-hydroxylation sites is 1. The molecule has 2 atom stereocenters. The predicted octanol–water partition coefficient (Wildman–Crippen LogP) is 5.52. The van der Waals surface area contributed by atoms with Gasteiger partial charge >= 0.3 is 5.97 Å². The number of aryl methyl sites for hydroxylation is 1. The third kappa shape index (κ3) is 7.03. The molecule has 3 heterocycles. The van der Waals surface area contributed by atoms with Crippen LogP contribution in [0.4, 0.5) is 10.2 Å². The van der Waals surface area contributed by atoms with Crippen molar-refractivity contribution in [1.82, 2.24) is 9.88 Å². The fraction of sp³-hybridized carbons (Fsp3) is 0.364. The lowest BCUT2D eigenvalue weighted by Crippen LogP contribution is -2.48. The molecule has 9 nitrogen and oxygen atoms in total. The molecule has 5 rings (SSSR count). The molecular weight excluding hydrogens is 551 g/mol. The van der Waals surface area contributed by atoms with Crippen molar-refractivity contribution < 1.29 is 28.5 Å². The highest BCUT2D eigenvalue weighted by Crippen LogP contribution is 2.34. The number of nitrogens with one attached hydrogen (secondary N) is 2. The summed E-state index contributed by atoms with van der Waals surface area (Å²) in [4.78, 5) is 18.5. The molecule has 0 spiro atoms.